The molecule has 2 heterocycles. The molecule has 0 amide bonds. The van der Waals surface area contributed by atoms with Crippen LogP contribution < -0.4 is 0 Å². The van der Waals surface area contributed by atoms with Crippen molar-refractivity contribution < 1.29 is 5.11 Å². The summed E-state index contributed by atoms with van der Waals surface area (Å²) in [4.78, 5) is 2.13. The Morgan fingerprint density at radius 3 is 2.79 bits per heavy atom. The Morgan fingerprint density at radius 2 is 1.89 bits per heavy atom. The molecule has 0 bridgehead atoms. The van der Waals surface area contributed by atoms with Crippen LogP contribution in [0.1, 0.15) is 55.0 Å². The molecule has 2 nitrogen and oxygen atoms in total. The van der Waals surface area contributed by atoms with Crippen molar-refractivity contribution in [3.05, 3.63) is 100 Å². The number of rotatable bonds is 0. The van der Waals surface area contributed by atoms with Crippen LogP contribution in [-0.2, 0) is 5.41 Å². The molecule has 28 heavy (non-hydrogen) atoms. The number of nitrogens with zero attached hydrogens (tertiary/aromatic N) is 1. The highest BCUT2D eigenvalue weighted by Crippen LogP contribution is 2.52. The van der Waals surface area contributed by atoms with Gasteiger partial charge in [-0.15, -0.1) is 0 Å². The standard InChI is InChI=1S/C26H23NO/c1-26(2)21-9-5-4-8-18(21)20-13-17-14-25(28)27-23-10-6-3-7-16(23)11-12-24(27)19(17)15-22(20)26/h3-5,7-9,11-15,24,28H,6,10H2,1-2H3. The van der Waals surface area contributed by atoms with Gasteiger partial charge in [0.1, 0.15) is 0 Å². The molecule has 1 unspecified atom stereocenters. The molecule has 138 valence electrons. The molecule has 0 saturated carbocycles. The summed E-state index contributed by atoms with van der Waals surface area (Å²) in [6.07, 6.45) is 12.8. The summed E-state index contributed by atoms with van der Waals surface area (Å²) in [5.41, 5.74) is 10.3. The Hall–Kier alpha value is -3.00. The molecule has 2 heteroatoms. The second kappa shape index (κ2) is 5.29. The second-order valence-electron chi connectivity index (χ2n) is 8.72. The molecular weight excluding hydrogens is 342 g/mol. The van der Waals surface area contributed by atoms with Crippen LogP contribution in [0.25, 0.3) is 17.2 Å². The normalized spacial score (nSPS) is 22.9. The smallest absolute Gasteiger partial charge is 0.192 e. The fourth-order valence-corrected chi connectivity index (χ4v) is 5.43. The summed E-state index contributed by atoms with van der Waals surface area (Å²) >= 11 is 0. The first kappa shape index (κ1) is 16.0. The van der Waals surface area contributed by atoms with Crippen molar-refractivity contribution in [1.82, 2.24) is 4.90 Å². The molecule has 2 aliphatic carbocycles. The van der Waals surface area contributed by atoms with Crippen molar-refractivity contribution in [2.45, 2.75) is 38.1 Å². The molecule has 2 aromatic carbocycles. The third kappa shape index (κ3) is 1.93. The van der Waals surface area contributed by atoms with E-state index in [2.05, 4.69) is 79.4 Å². The van der Waals surface area contributed by atoms with Gasteiger partial charge >= 0.3 is 0 Å². The summed E-state index contributed by atoms with van der Waals surface area (Å²) in [5, 5.41) is 10.9. The van der Waals surface area contributed by atoms with E-state index in [9.17, 15) is 5.11 Å². The van der Waals surface area contributed by atoms with E-state index in [1.165, 1.54) is 39.1 Å². The molecule has 4 aliphatic rings. The Morgan fingerprint density at radius 1 is 1.04 bits per heavy atom. The Labute approximate surface area is 165 Å². The minimum absolute atomic E-state index is 0.00855. The lowest BCUT2D eigenvalue weighted by Crippen LogP contribution is -2.33. The van der Waals surface area contributed by atoms with E-state index in [1.807, 2.05) is 6.08 Å². The number of benzene rings is 2. The number of aliphatic hydroxyl groups excluding tert-OH is 1. The first-order chi connectivity index (χ1) is 13.6. The number of hydrogen-bond acceptors (Lipinski definition) is 2. The van der Waals surface area contributed by atoms with Crippen LogP contribution in [0.15, 0.2) is 77.9 Å². The van der Waals surface area contributed by atoms with Gasteiger partial charge in [-0.05, 0) is 57.9 Å². The lowest BCUT2D eigenvalue weighted by Gasteiger charge is -2.41. The van der Waals surface area contributed by atoms with Crippen LogP contribution in [0.3, 0.4) is 0 Å². The summed E-state index contributed by atoms with van der Waals surface area (Å²) in [7, 11) is 0. The molecule has 0 saturated heterocycles. The van der Waals surface area contributed by atoms with Crippen molar-refractivity contribution in [1.29, 1.82) is 0 Å². The monoisotopic (exact) mass is 365 g/mol. The maximum Gasteiger partial charge on any atom is 0.192 e. The number of allylic oxidation sites excluding steroid dienone is 5. The van der Waals surface area contributed by atoms with E-state index >= 15 is 0 Å². The number of fused-ring (bicyclic) bond motifs is 7. The van der Waals surface area contributed by atoms with Gasteiger partial charge in [-0.25, -0.2) is 0 Å². The van der Waals surface area contributed by atoms with Crippen molar-refractivity contribution in [2.24, 2.45) is 0 Å². The van der Waals surface area contributed by atoms with Gasteiger partial charge in [0.05, 0.1) is 6.04 Å². The van der Waals surface area contributed by atoms with Gasteiger partial charge in [0.2, 0.25) is 0 Å². The van der Waals surface area contributed by atoms with E-state index in [-0.39, 0.29) is 11.5 Å². The summed E-state index contributed by atoms with van der Waals surface area (Å²) in [5.74, 6) is 0.357. The highest BCUT2D eigenvalue weighted by atomic mass is 16.3. The minimum Gasteiger partial charge on any atom is -0.494 e. The molecule has 1 atom stereocenters. The molecular formula is C26H23NO. The van der Waals surface area contributed by atoms with E-state index in [4.69, 9.17) is 0 Å². The summed E-state index contributed by atoms with van der Waals surface area (Å²) < 4.78 is 0. The van der Waals surface area contributed by atoms with Crippen LogP contribution >= 0.6 is 0 Å². The highest BCUT2D eigenvalue weighted by molar-refractivity contribution is 5.84. The molecule has 0 radical (unpaired) electrons. The van der Waals surface area contributed by atoms with Crippen LogP contribution in [-0.4, -0.2) is 10.0 Å². The number of hydrogen-bond donors (Lipinski definition) is 1. The first-order valence-corrected chi connectivity index (χ1v) is 10.1. The highest BCUT2D eigenvalue weighted by Gasteiger charge is 2.39. The maximum absolute atomic E-state index is 10.9. The first-order valence-electron chi connectivity index (χ1n) is 10.1. The van der Waals surface area contributed by atoms with Crippen molar-refractivity contribution in [2.75, 3.05) is 0 Å². The summed E-state index contributed by atoms with van der Waals surface area (Å²) in [6, 6.07) is 13.5. The zero-order valence-electron chi connectivity index (χ0n) is 16.2. The quantitative estimate of drug-likeness (QED) is 0.585. The van der Waals surface area contributed by atoms with Gasteiger partial charge in [-0.2, -0.15) is 0 Å². The molecule has 0 fully saturated rings. The molecule has 1 N–H and O–H groups in total. The van der Waals surface area contributed by atoms with E-state index in [0.717, 1.165) is 18.4 Å². The lowest BCUT2D eigenvalue weighted by atomic mass is 9.79. The van der Waals surface area contributed by atoms with Crippen LogP contribution in [0, 0.1) is 0 Å². The van der Waals surface area contributed by atoms with Crippen LogP contribution in [0.5, 0.6) is 0 Å². The van der Waals surface area contributed by atoms with E-state index in [1.54, 1.807) is 0 Å². The summed E-state index contributed by atoms with van der Waals surface area (Å²) in [6.45, 7) is 4.64. The zero-order chi connectivity index (χ0) is 19.0. The van der Waals surface area contributed by atoms with Gasteiger partial charge in [-0.3, -0.25) is 0 Å². The Bertz CT molecular complexity index is 1160. The van der Waals surface area contributed by atoms with E-state index in [0.29, 0.717) is 5.88 Å². The topological polar surface area (TPSA) is 23.5 Å². The third-order valence-electron chi connectivity index (χ3n) is 6.84. The molecule has 2 aliphatic heterocycles. The predicted octanol–water partition coefficient (Wildman–Crippen LogP) is 6.38. The molecule has 6 rings (SSSR count). The fourth-order valence-electron chi connectivity index (χ4n) is 5.43. The van der Waals surface area contributed by atoms with Gasteiger partial charge in [0, 0.05) is 17.2 Å². The fraction of sp³-hybridized carbons (Fsp3) is 0.231. The largest absolute Gasteiger partial charge is 0.494 e. The van der Waals surface area contributed by atoms with Gasteiger partial charge in [0.25, 0.3) is 0 Å². The lowest BCUT2D eigenvalue weighted by molar-refractivity contribution is 0.204. The van der Waals surface area contributed by atoms with Crippen molar-refractivity contribution in [3.8, 4) is 11.1 Å². The van der Waals surface area contributed by atoms with E-state index < -0.39 is 0 Å². The Balaban J connectivity index is 1.57. The average Bonchev–Trinajstić information content (AvgIpc) is 2.93. The van der Waals surface area contributed by atoms with Crippen LogP contribution in [0.2, 0.25) is 0 Å². The Kier molecular flexibility index (Phi) is 3.02. The predicted molar refractivity (Wildman–Crippen MR) is 114 cm³/mol. The molecule has 2 aromatic rings. The molecule has 0 aromatic heterocycles. The second-order valence-corrected chi connectivity index (χ2v) is 8.72. The third-order valence-corrected chi connectivity index (χ3v) is 6.84. The average molecular weight is 365 g/mol. The van der Waals surface area contributed by atoms with Gasteiger partial charge in [-0.1, -0.05) is 68.5 Å². The minimum atomic E-state index is -0.00855. The van der Waals surface area contributed by atoms with Gasteiger partial charge < -0.3 is 10.0 Å². The maximum atomic E-state index is 10.9. The van der Waals surface area contributed by atoms with Crippen LogP contribution in [0.4, 0.5) is 0 Å². The zero-order valence-corrected chi connectivity index (χ0v) is 16.2. The van der Waals surface area contributed by atoms with Gasteiger partial charge in [0.15, 0.2) is 5.88 Å². The van der Waals surface area contributed by atoms with Crippen molar-refractivity contribution >= 4 is 6.08 Å². The SMILES string of the molecule is CC1(C)c2ccccc2-c2cc3c(cc21)C1C=CC2=C(CCC=C2)N1C(O)=C3. The van der Waals surface area contributed by atoms with Crippen molar-refractivity contribution in [3.63, 3.8) is 0 Å². The number of aliphatic hydroxyl groups is 1. The molecule has 0 spiro atoms.